The average molecular weight is 246 g/mol. The van der Waals surface area contributed by atoms with Crippen LogP contribution in [0, 0.1) is 10.1 Å². The van der Waals surface area contributed by atoms with E-state index in [-0.39, 0.29) is 0 Å². The van der Waals surface area contributed by atoms with Crippen LogP contribution < -0.4 is 0 Å². The van der Waals surface area contributed by atoms with Crippen LogP contribution in [0.1, 0.15) is 0 Å². The van der Waals surface area contributed by atoms with Gasteiger partial charge in [0.25, 0.3) is 0 Å². The molecule has 0 fully saturated rings. The molecule has 0 atom stereocenters. The van der Waals surface area contributed by atoms with E-state index >= 15 is 0 Å². The van der Waals surface area contributed by atoms with E-state index in [1.54, 1.807) is 18.2 Å². The molecule has 0 saturated carbocycles. The predicted molar refractivity (Wildman–Crippen MR) is 75.5 cm³/mol. The molecule has 0 rings (SSSR count). The second kappa shape index (κ2) is 11.1. The summed E-state index contributed by atoms with van der Waals surface area (Å²) >= 11 is 0. The molecule has 0 saturated heterocycles. The first-order valence-corrected chi connectivity index (χ1v) is 5.44. The van der Waals surface area contributed by atoms with Crippen molar-refractivity contribution in [1.82, 2.24) is 4.90 Å². The number of rotatable bonds is 7. The molecule has 0 N–H and O–H groups in total. The average Bonchev–Trinajstić information content (AvgIpc) is 2.29. The molecule has 0 aromatic carbocycles. The lowest BCUT2D eigenvalue weighted by molar-refractivity contribution is -0.402. The summed E-state index contributed by atoms with van der Waals surface area (Å²) in [5, 5.41) is 9.94. The smallest absolute Gasteiger partial charge is 0.234 e. The van der Waals surface area contributed by atoms with Gasteiger partial charge in [-0.25, -0.2) is 0 Å². The molecule has 0 aliphatic heterocycles. The third kappa shape index (κ3) is 13.6. The molecule has 0 amide bonds. The van der Waals surface area contributed by atoms with Crippen LogP contribution in [0.3, 0.4) is 0 Å². The second-order valence-corrected chi connectivity index (χ2v) is 3.47. The van der Waals surface area contributed by atoms with E-state index in [0.29, 0.717) is 0 Å². The van der Waals surface area contributed by atoms with Crippen molar-refractivity contribution in [2.75, 3.05) is 14.1 Å². The molecule has 0 bridgehead atoms. The quantitative estimate of drug-likeness (QED) is 0.394. The van der Waals surface area contributed by atoms with Gasteiger partial charge >= 0.3 is 0 Å². The van der Waals surface area contributed by atoms with E-state index in [2.05, 4.69) is 0 Å². The lowest BCUT2D eigenvalue weighted by Gasteiger charge is -2.00. The Balaban J connectivity index is 3.85. The SMILES string of the molecule is CN(C)/C=C/C=C/C=C/C=C/C=C/C=C/[N+](=O)[O-]. The van der Waals surface area contributed by atoms with Gasteiger partial charge in [-0.15, -0.1) is 0 Å². The van der Waals surface area contributed by atoms with Gasteiger partial charge in [-0.05, 0) is 12.3 Å². The molecule has 0 aliphatic rings. The van der Waals surface area contributed by atoms with Gasteiger partial charge in [-0.2, -0.15) is 0 Å². The minimum atomic E-state index is -0.500. The maximum atomic E-state index is 9.94. The zero-order valence-corrected chi connectivity index (χ0v) is 10.6. The van der Waals surface area contributed by atoms with Crippen molar-refractivity contribution in [3.8, 4) is 0 Å². The van der Waals surface area contributed by atoms with Crippen LogP contribution >= 0.6 is 0 Å². The van der Waals surface area contributed by atoms with E-state index < -0.39 is 4.92 Å². The van der Waals surface area contributed by atoms with Gasteiger partial charge in [0.15, 0.2) is 0 Å². The summed E-state index contributed by atoms with van der Waals surface area (Å²) in [5.74, 6) is 0. The maximum Gasteiger partial charge on any atom is 0.234 e. The minimum absolute atomic E-state index is 0.500. The van der Waals surface area contributed by atoms with Crippen LogP contribution in [0.15, 0.2) is 73.2 Å². The summed E-state index contributed by atoms with van der Waals surface area (Å²) in [5.41, 5.74) is 0. The van der Waals surface area contributed by atoms with Gasteiger partial charge in [0, 0.05) is 20.2 Å². The summed E-state index contributed by atoms with van der Waals surface area (Å²) in [4.78, 5) is 11.4. The molecule has 0 aromatic rings. The first-order valence-electron chi connectivity index (χ1n) is 5.44. The molecule has 0 unspecified atom stereocenters. The number of hydrogen-bond donors (Lipinski definition) is 0. The highest BCUT2D eigenvalue weighted by molar-refractivity contribution is 5.18. The van der Waals surface area contributed by atoms with Crippen molar-refractivity contribution < 1.29 is 4.92 Å². The van der Waals surface area contributed by atoms with Gasteiger partial charge in [0.2, 0.25) is 6.20 Å². The Labute approximate surface area is 108 Å². The van der Waals surface area contributed by atoms with E-state index in [1.165, 1.54) is 6.08 Å². The van der Waals surface area contributed by atoms with E-state index in [9.17, 15) is 10.1 Å². The molecule has 0 aromatic heterocycles. The van der Waals surface area contributed by atoms with Crippen molar-refractivity contribution in [2.45, 2.75) is 0 Å². The molecule has 0 aliphatic carbocycles. The standard InChI is InChI=1S/C14H18N2O2/c1-15(2)13-11-9-7-5-3-4-6-8-10-12-14-16(17)18/h3-14H,1-2H3/b5-3+,6-4+,9-7+,10-8+,13-11+,14-12+. The van der Waals surface area contributed by atoms with Crippen molar-refractivity contribution in [3.05, 3.63) is 83.3 Å². The van der Waals surface area contributed by atoms with Crippen LogP contribution in [-0.4, -0.2) is 23.9 Å². The predicted octanol–water partition coefficient (Wildman–Crippen LogP) is 3.08. The molecule has 96 valence electrons. The van der Waals surface area contributed by atoms with Crippen LogP contribution in [0.4, 0.5) is 0 Å². The zero-order valence-electron chi connectivity index (χ0n) is 10.6. The summed E-state index contributed by atoms with van der Waals surface area (Å²) in [7, 11) is 3.92. The first-order chi connectivity index (χ1) is 8.63. The molecule has 0 radical (unpaired) electrons. The zero-order chi connectivity index (χ0) is 13.6. The number of nitrogens with zero attached hydrogens (tertiary/aromatic N) is 2. The summed E-state index contributed by atoms with van der Waals surface area (Å²) in [6.07, 6.45) is 20.7. The number of hydrogen-bond acceptors (Lipinski definition) is 3. The van der Waals surface area contributed by atoms with Crippen molar-refractivity contribution in [1.29, 1.82) is 0 Å². The third-order valence-electron chi connectivity index (χ3n) is 1.59. The van der Waals surface area contributed by atoms with E-state index in [4.69, 9.17) is 0 Å². The molecular formula is C14H18N2O2. The van der Waals surface area contributed by atoms with Crippen LogP contribution in [0.2, 0.25) is 0 Å². The fourth-order valence-electron chi connectivity index (χ4n) is 0.855. The van der Waals surface area contributed by atoms with Crippen molar-refractivity contribution >= 4 is 0 Å². The van der Waals surface area contributed by atoms with Gasteiger partial charge in [-0.1, -0.05) is 48.6 Å². The highest BCUT2D eigenvalue weighted by Gasteiger charge is 1.77. The molecule has 0 spiro atoms. The third-order valence-corrected chi connectivity index (χ3v) is 1.59. The molecule has 4 heteroatoms. The summed E-state index contributed by atoms with van der Waals surface area (Å²) < 4.78 is 0. The Morgan fingerprint density at radius 3 is 1.56 bits per heavy atom. The second-order valence-electron chi connectivity index (χ2n) is 3.47. The fourth-order valence-corrected chi connectivity index (χ4v) is 0.855. The minimum Gasteiger partial charge on any atom is -0.383 e. The fraction of sp³-hybridized carbons (Fsp3) is 0.143. The van der Waals surface area contributed by atoms with Crippen molar-refractivity contribution in [3.63, 3.8) is 0 Å². The Bertz CT molecular complexity index is 400. The Hall–Kier alpha value is -2.36. The van der Waals surface area contributed by atoms with Crippen LogP contribution in [0.5, 0.6) is 0 Å². The van der Waals surface area contributed by atoms with Crippen LogP contribution in [0.25, 0.3) is 0 Å². The topological polar surface area (TPSA) is 46.4 Å². The molecule has 0 heterocycles. The number of allylic oxidation sites excluding steroid dienone is 10. The lowest BCUT2D eigenvalue weighted by Crippen LogP contribution is -1.99. The molecule has 18 heavy (non-hydrogen) atoms. The lowest BCUT2D eigenvalue weighted by atomic mass is 10.3. The number of nitro groups is 1. The normalized spacial score (nSPS) is 13.2. The Kier molecular flexibility index (Phi) is 9.68. The van der Waals surface area contributed by atoms with Crippen LogP contribution in [-0.2, 0) is 0 Å². The van der Waals surface area contributed by atoms with Crippen molar-refractivity contribution in [2.24, 2.45) is 0 Å². The summed E-state index contributed by atoms with van der Waals surface area (Å²) in [6, 6.07) is 0. The molecule has 4 nitrogen and oxygen atoms in total. The van der Waals surface area contributed by atoms with Gasteiger partial charge in [0.1, 0.15) is 0 Å². The highest BCUT2D eigenvalue weighted by Crippen LogP contribution is 1.85. The highest BCUT2D eigenvalue weighted by atomic mass is 16.6. The largest absolute Gasteiger partial charge is 0.383 e. The summed E-state index contributed by atoms with van der Waals surface area (Å²) in [6.45, 7) is 0. The van der Waals surface area contributed by atoms with Gasteiger partial charge in [0.05, 0.1) is 4.92 Å². The first kappa shape index (κ1) is 15.6. The van der Waals surface area contributed by atoms with Gasteiger partial charge in [-0.3, -0.25) is 10.1 Å². The maximum absolute atomic E-state index is 9.94. The molecular weight excluding hydrogens is 228 g/mol. The monoisotopic (exact) mass is 246 g/mol. The van der Waals surface area contributed by atoms with Gasteiger partial charge < -0.3 is 4.90 Å². The van der Waals surface area contributed by atoms with E-state index in [0.717, 1.165) is 6.20 Å². The Morgan fingerprint density at radius 1 is 0.778 bits per heavy atom. The van der Waals surface area contributed by atoms with E-state index in [1.807, 2.05) is 61.7 Å². The Morgan fingerprint density at radius 2 is 1.17 bits per heavy atom.